The molecule has 1 aliphatic heterocycles. The molecule has 0 bridgehead atoms. The molecule has 1 saturated heterocycles. The molecule has 1 fully saturated rings. The van der Waals surface area contributed by atoms with Gasteiger partial charge in [0.05, 0.1) is 10.2 Å². The number of aromatic nitrogens is 1. The van der Waals surface area contributed by atoms with Gasteiger partial charge in [-0.25, -0.2) is 0 Å². The van der Waals surface area contributed by atoms with Gasteiger partial charge < -0.3 is 10.2 Å². The number of piperidine rings is 1. The van der Waals surface area contributed by atoms with Crippen molar-refractivity contribution in [2.75, 3.05) is 32.0 Å². The molecule has 1 atom stereocenters. The second-order valence-electron chi connectivity index (χ2n) is 4.51. The van der Waals surface area contributed by atoms with Crippen LogP contribution in [0.4, 0.5) is 5.69 Å². The number of pyridine rings is 1. The van der Waals surface area contributed by atoms with Crippen molar-refractivity contribution < 1.29 is 0 Å². The first-order valence-electron chi connectivity index (χ1n) is 5.77. The molecule has 0 aliphatic carbocycles. The van der Waals surface area contributed by atoms with Gasteiger partial charge in [-0.1, -0.05) is 0 Å². The Morgan fingerprint density at radius 2 is 2.50 bits per heavy atom. The monoisotopic (exact) mass is 283 g/mol. The second-order valence-corrected chi connectivity index (χ2v) is 5.36. The minimum absolute atomic E-state index is 0.763. The van der Waals surface area contributed by atoms with Gasteiger partial charge in [0.2, 0.25) is 0 Å². The number of hydrogen-bond donors (Lipinski definition) is 1. The molecule has 4 heteroatoms. The van der Waals surface area contributed by atoms with Crippen LogP contribution in [0.3, 0.4) is 0 Å². The summed E-state index contributed by atoms with van der Waals surface area (Å²) in [5.74, 6) is 0.763. The molecule has 16 heavy (non-hydrogen) atoms. The predicted molar refractivity (Wildman–Crippen MR) is 70.6 cm³/mol. The molecule has 1 aliphatic rings. The highest BCUT2D eigenvalue weighted by Crippen LogP contribution is 2.21. The molecule has 0 saturated carbocycles. The van der Waals surface area contributed by atoms with E-state index in [0.29, 0.717) is 0 Å². The van der Waals surface area contributed by atoms with E-state index < -0.39 is 0 Å². The van der Waals surface area contributed by atoms with Crippen molar-refractivity contribution in [3.63, 3.8) is 0 Å². The van der Waals surface area contributed by atoms with E-state index in [4.69, 9.17) is 0 Å². The molecule has 0 radical (unpaired) electrons. The number of rotatable bonds is 3. The quantitative estimate of drug-likeness (QED) is 0.924. The summed E-state index contributed by atoms with van der Waals surface area (Å²) < 4.78 is 1.04. The van der Waals surface area contributed by atoms with Crippen molar-refractivity contribution in [2.45, 2.75) is 12.8 Å². The first-order valence-corrected chi connectivity index (χ1v) is 6.57. The van der Waals surface area contributed by atoms with Crippen molar-refractivity contribution in [1.29, 1.82) is 0 Å². The summed E-state index contributed by atoms with van der Waals surface area (Å²) in [6.45, 7) is 3.50. The molecular formula is C12H18BrN3. The molecule has 0 amide bonds. The van der Waals surface area contributed by atoms with Crippen LogP contribution in [0.25, 0.3) is 0 Å². The van der Waals surface area contributed by atoms with Crippen LogP contribution in [0.2, 0.25) is 0 Å². The minimum Gasteiger partial charge on any atom is -0.384 e. The van der Waals surface area contributed by atoms with Crippen LogP contribution in [-0.2, 0) is 0 Å². The first kappa shape index (κ1) is 11.9. The Bertz CT molecular complexity index is 343. The minimum atomic E-state index is 0.763. The van der Waals surface area contributed by atoms with Crippen molar-refractivity contribution in [1.82, 2.24) is 9.88 Å². The summed E-state index contributed by atoms with van der Waals surface area (Å²) >= 11 is 3.50. The van der Waals surface area contributed by atoms with Gasteiger partial charge in [-0.05, 0) is 54.3 Å². The number of hydrogen-bond acceptors (Lipinski definition) is 3. The Hall–Kier alpha value is -0.610. The SMILES string of the molecule is CN1CCCC(CNc2ccncc2Br)C1. The lowest BCUT2D eigenvalue weighted by molar-refractivity contribution is 0.217. The lowest BCUT2D eigenvalue weighted by Gasteiger charge is -2.30. The van der Waals surface area contributed by atoms with Crippen LogP contribution in [0.5, 0.6) is 0 Å². The topological polar surface area (TPSA) is 28.2 Å². The molecular weight excluding hydrogens is 266 g/mol. The normalized spacial score (nSPS) is 22.0. The third-order valence-corrected chi connectivity index (χ3v) is 3.71. The van der Waals surface area contributed by atoms with Crippen molar-refractivity contribution in [3.8, 4) is 0 Å². The van der Waals surface area contributed by atoms with E-state index >= 15 is 0 Å². The van der Waals surface area contributed by atoms with E-state index in [-0.39, 0.29) is 0 Å². The molecule has 1 unspecified atom stereocenters. The van der Waals surface area contributed by atoms with Crippen molar-refractivity contribution in [3.05, 3.63) is 22.9 Å². The standard InChI is InChI=1S/C12H18BrN3/c1-16-6-2-3-10(9-16)7-15-12-4-5-14-8-11(12)13/h4-5,8,10H,2-3,6-7,9H2,1H3,(H,14,15). The van der Waals surface area contributed by atoms with E-state index in [0.717, 1.165) is 22.6 Å². The zero-order chi connectivity index (χ0) is 11.4. The average Bonchev–Trinajstić information content (AvgIpc) is 2.28. The lowest BCUT2D eigenvalue weighted by atomic mass is 9.98. The molecule has 3 nitrogen and oxygen atoms in total. The summed E-state index contributed by atoms with van der Waals surface area (Å²) in [4.78, 5) is 6.47. The van der Waals surface area contributed by atoms with Gasteiger partial charge in [-0.15, -0.1) is 0 Å². The van der Waals surface area contributed by atoms with Crippen LogP contribution >= 0.6 is 15.9 Å². The molecule has 0 aromatic carbocycles. The van der Waals surface area contributed by atoms with Crippen LogP contribution in [0, 0.1) is 5.92 Å². The fraction of sp³-hybridized carbons (Fsp3) is 0.583. The van der Waals surface area contributed by atoms with E-state index in [1.807, 2.05) is 18.5 Å². The lowest BCUT2D eigenvalue weighted by Crippen LogP contribution is -2.35. The third kappa shape index (κ3) is 3.19. The highest BCUT2D eigenvalue weighted by molar-refractivity contribution is 9.10. The summed E-state index contributed by atoms with van der Waals surface area (Å²) in [5.41, 5.74) is 1.14. The molecule has 2 rings (SSSR count). The van der Waals surface area contributed by atoms with E-state index in [1.54, 1.807) is 0 Å². The van der Waals surface area contributed by atoms with Gasteiger partial charge in [0, 0.05) is 25.5 Å². The van der Waals surface area contributed by atoms with Gasteiger partial charge >= 0.3 is 0 Å². The Kier molecular flexibility index (Phi) is 4.18. The molecule has 1 N–H and O–H groups in total. The molecule has 0 spiro atoms. The molecule has 2 heterocycles. The van der Waals surface area contributed by atoms with Crippen LogP contribution in [-0.4, -0.2) is 36.6 Å². The zero-order valence-electron chi connectivity index (χ0n) is 9.62. The zero-order valence-corrected chi connectivity index (χ0v) is 11.2. The summed E-state index contributed by atoms with van der Waals surface area (Å²) in [5, 5.41) is 3.49. The van der Waals surface area contributed by atoms with Crippen LogP contribution in [0.15, 0.2) is 22.9 Å². The number of anilines is 1. The van der Waals surface area contributed by atoms with E-state index in [9.17, 15) is 0 Å². The van der Waals surface area contributed by atoms with Crippen molar-refractivity contribution in [2.24, 2.45) is 5.92 Å². The fourth-order valence-electron chi connectivity index (χ4n) is 2.21. The third-order valence-electron chi connectivity index (χ3n) is 3.08. The van der Waals surface area contributed by atoms with Crippen LogP contribution < -0.4 is 5.32 Å². The fourth-order valence-corrected chi connectivity index (χ4v) is 2.60. The maximum Gasteiger partial charge on any atom is 0.0590 e. The van der Waals surface area contributed by atoms with Gasteiger partial charge in [0.25, 0.3) is 0 Å². The predicted octanol–water partition coefficient (Wildman–Crippen LogP) is 2.60. The Labute approximate surface area is 105 Å². The summed E-state index contributed by atoms with van der Waals surface area (Å²) in [7, 11) is 2.20. The van der Waals surface area contributed by atoms with E-state index in [2.05, 4.69) is 38.2 Å². The number of halogens is 1. The average molecular weight is 284 g/mol. The van der Waals surface area contributed by atoms with Gasteiger partial charge in [0.15, 0.2) is 0 Å². The Morgan fingerprint density at radius 1 is 1.62 bits per heavy atom. The maximum absolute atomic E-state index is 4.06. The highest BCUT2D eigenvalue weighted by atomic mass is 79.9. The Morgan fingerprint density at radius 3 is 3.25 bits per heavy atom. The maximum atomic E-state index is 4.06. The van der Waals surface area contributed by atoms with Gasteiger partial charge in [-0.3, -0.25) is 4.98 Å². The van der Waals surface area contributed by atoms with Gasteiger partial charge in [-0.2, -0.15) is 0 Å². The Balaban J connectivity index is 1.85. The highest BCUT2D eigenvalue weighted by Gasteiger charge is 2.16. The smallest absolute Gasteiger partial charge is 0.0590 e. The van der Waals surface area contributed by atoms with Gasteiger partial charge in [0.1, 0.15) is 0 Å². The summed E-state index contributed by atoms with van der Waals surface area (Å²) in [6.07, 6.45) is 6.30. The second kappa shape index (κ2) is 5.64. The largest absolute Gasteiger partial charge is 0.384 e. The number of nitrogens with one attached hydrogen (secondary N) is 1. The van der Waals surface area contributed by atoms with E-state index in [1.165, 1.54) is 25.9 Å². The molecule has 1 aromatic rings. The van der Waals surface area contributed by atoms with Crippen molar-refractivity contribution >= 4 is 21.6 Å². The number of likely N-dealkylation sites (tertiary alicyclic amines) is 1. The summed E-state index contributed by atoms with van der Waals surface area (Å²) in [6, 6.07) is 2.01. The van der Waals surface area contributed by atoms with Crippen LogP contribution in [0.1, 0.15) is 12.8 Å². The molecule has 88 valence electrons. The molecule has 1 aromatic heterocycles. The first-order chi connectivity index (χ1) is 7.75. The number of nitrogens with zero attached hydrogens (tertiary/aromatic N) is 2.